The minimum atomic E-state index is 0.475. The molecule has 0 aliphatic rings. The second-order valence-corrected chi connectivity index (χ2v) is 3.00. The van der Waals surface area contributed by atoms with Crippen LogP contribution in [0.1, 0.15) is 5.69 Å². The molecule has 0 spiro atoms. The van der Waals surface area contributed by atoms with Gasteiger partial charge in [0.1, 0.15) is 6.33 Å². The molecule has 5 heteroatoms. The summed E-state index contributed by atoms with van der Waals surface area (Å²) in [6.45, 7) is 1.90. The summed E-state index contributed by atoms with van der Waals surface area (Å²) in [6, 6.07) is 1.82. The molecule has 0 fully saturated rings. The summed E-state index contributed by atoms with van der Waals surface area (Å²) in [5.74, 6) is 0.616. The molecule has 0 N–H and O–H groups in total. The van der Waals surface area contributed by atoms with Crippen molar-refractivity contribution in [2.45, 2.75) is 6.92 Å². The number of hydrogen-bond donors (Lipinski definition) is 0. The quantitative estimate of drug-likeness (QED) is 0.699. The molecule has 2 heterocycles. The summed E-state index contributed by atoms with van der Waals surface area (Å²) in [6.07, 6.45) is 1.47. The zero-order valence-electron chi connectivity index (χ0n) is 7.28. The van der Waals surface area contributed by atoms with Gasteiger partial charge in [-0.3, -0.25) is 0 Å². The molecule has 0 amide bonds. The van der Waals surface area contributed by atoms with E-state index in [1.54, 1.807) is 11.6 Å². The first-order valence-corrected chi connectivity index (χ1v) is 4.14. The predicted octanol–water partition coefficient (Wildman–Crippen LogP) is 1.70. The van der Waals surface area contributed by atoms with Gasteiger partial charge in [-0.15, -0.1) is 0 Å². The van der Waals surface area contributed by atoms with Gasteiger partial charge in [-0.25, -0.2) is 9.50 Å². The minimum absolute atomic E-state index is 0.475. The number of fused-ring (bicyclic) bond motifs is 1. The molecule has 4 nitrogen and oxygen atoms in total. The monoisotopic (exact) mass is 197 g/mol. The summed E-state index contributed by atoms with van der Waals surface area (Å²) in [5, 5.41) is 4.48. The lowest BCUT2D eigenvalue weighted by Gasteiger charge is -1.96. The van der Waals surface area contributed by atoms with Gasteiger partial charge in [-0.2, -0.15) is 5.10 Å². The van der Waals surface area contributed by atoms with E-state index in [0.29, 0.717) is 10.9 Å². The van der Waals surface area contributed by atoms with Gasteiger partial charge >= 0.3 is 0 Å². The van der Waals surface area contributed by atoms with Crippen molar-refractivity contribution in [3.8, 4) is 5.75 Å². The van der Waals surface area contributed by atoms with Crippen molar-refractivity contribution in [1.29, 1.82) is 0 Å². The molecule has 0 bridgehead atoms. The van der Waals surface area contributed by atoms with Gasteiger partial charge in [0.2, 0.25) is 0 Å². The molecule has 0 saturated carbocycles. The Balaban J connectivity index is 2.83. The maximum atomic E-state index is 5.98. The number of aryl methyl sites for hydroxylation is 1. The van der Waals surface area contributed by atoms with Crippen LogP contribution < -0.4 is 4.74 Å². The zero-order valence-corrected chi connectivity index (χ0v) is 8.04. The van der Waals surface area contributed by atoms with Gasteiger partial charge in [-0.05, 0) is 6.92 Å². The van der Waals surface area contributed by atoms with E-state index in [-0.39, 0.29) is 0 Å². The molecule has 13 heavy (non-hydrogen) atoms. The van der Waals surface area contributed by atoms with E-state index >= 15 is 0 Å². The van der Waals surface area contributed by atoms with Gasteiger partial charge in [0.15, 0.2) is 10.9 Å². The average molecular weight is 198 g/mol. The summed E-state index contributed by atoms with van der Waals surface area (Å²) in [5.41, 5.74) is 1.74. The molecule has 68 valence electrons. The molecule has 0 saturated heterocycles. The maximum Gasteiger partial charge on any atom is 0.173 e. The predicted molar refractivity (Wildman–Crippen MR) is 49.3 cm³/mol. The highest BCUT2D eigenvalue weighted by Crippen LogP contribution is 2.28. The number of nitrogens with zero attached hydrogens (tertiary/aromatic N) is 3. The van der Waals surface area contributed by atoms with E-state index in [1.807, 2.05) is 13.0 Å². The standard InChI is InChI=1S/C8H8ClN3O/c1-5-6-3-7(13-2)8(9)12(6)11-4-10-5/h3-4H,1-2H3. The van der Waals surface area contributed by atoms with Crippen LogP contribution in [-0.2, 0) is 0 Å². The fourth-order valence-electron chi connectivity index (χ4n) is 1.20. The number of hydrogen-bond acceptors (Lipinski definition) is 3. The van der Waals surface area contributed by atoms with E-state index < -0.39 is 0 Å². The maximum absolute atomic E-state index is 5.98. The highest BCUT2D eigenvalue weighted by molar-refractivity contribution is 6.31. The Morgan fingerprint density at radius 2 is 2.31 bits per heavy atom. The minimum Gasteiger partial charge on any atom is -0.493 e. The van der Waals surface area contributed by atoms with E-state index in [0.717, 1.165) is 11.2 Å². The Morgan fingerprint density at radius 1 is 1.54 bits per heavy atom. The van der Waals surface area contributed by atoms with Gasteiger partial charge in [0, 0.05) is 6.07 Å². The molecule has 2 aromatic rings. The summed E-state index contributed by atoms with van der Waals surface area (Å²) < 4.78 is 6.66. The van der Waals surface area contributed by atoms with Crippen LogP contribution in [0.3, 0.4) is 0 Å². The van der Waals surface area contributed by atoms with Crippen LogP contribution in [0.15, 0.2) is 12.4 Å². The topological polar surface area (TPSA) is 39.4 Å². The van der Waals surface area contributed by atoms with Crippen molar-refractivity contribution in [3.63, 3.8) is 0 Å². The number of halogens is 1. The van der Waals surface area contributed by atoms with Gasteiger partial charge in [0.05, 0.1) is 18.3 Å². The van der Waals surface area contributed by atoms with E-state index in [2.05, 4.69) is 10.1 Å². The lowest BCUT2D eigenvalue weighted by Crippen LogP contribution is -1.94. The third kappa shape index (κ3) is 1.14. The van der Waals surface area contributed by atoms with Crippen LogP contribution in [0.4, 0.5) is 0 Å². The number of rotatable bonds is 1. The molecule has 0 unspecified atom stereocenters. The third-order valence-corrected chi connectivity index (χ3v) is 2.24. The fourth-order valence-corrected chi connectivity index (χ4v) is 1.47. The first-order valence-electron chi connectivity index (χ1n) is 3.77. The lowest BCUT2D eigenvalue weighted by atomic mass is 10.4. The van der Waals surface area contributed by atoms with Crippen molar-refractivity contribution in [3.05, 3.63) is 23.2 Å². The lowest BCUT2D eigenvalue weighted by molar-refractivity contribution is 0.415. The molecule has 2 aromatic heterocycles. The molecule has 0 aromatic carbocycles. The Bertz CT molecular complexity index is 452. The molecule has 0 atom stereocenters. The molecular weight excluding hydrogens is 190 g/mol. The van der Waals surface area contributed by atoms with Crippen LogP contribution in [0.2, 0.25) is 5.15 Å². The van der Waals surface area contributed by atoms with Gasteiger partial charge in [0.25, 0.3) is 0 Å². The van der Waals surface area contributed by atoms with Crippen molar-refractivity contribution in [2.75, 3.05) is 7.11 Å². The van der Waals surface area contributed by atoms with Crippen LogP contribution in [0.5, 0.6) is 5.75 Å². The van der Waals surface area contributed by atoms with Crippen molar-refractivity contribution >= 4 is 17.1 Å². The van der Waals surface area contributed by atoms with Crippen LogP contribution >= 0.6 is 11.6 Å². The molecule has 0 radical (unpaired) electrons. The molecule has 0 aliphatic carbocycles. The summed E-state index contributed by atoms with van der Waals surface area (Å²) in [4.78, 5) is 4.05. The van der Waals surface area contributed by atoms with Crippen LogP contribution in [-0.4, -0.2) is 21.7 Å². The molecule has 2 rings (SSSR count). The first kappa shape index (κ1) is 8.31. The van der Waals surface area contributed by atoms with E-state index in [1.165, 1.54) is 6.33 Å². The molecule has 0 aliphatic heterocycles. The van der Waals surface area contributed by atoms with E-state index in [4.69, 9.17) is 16.3 Å². The van der Waals surface area contributed by atoms with Crippen LogP contribution in [0.25, 0.3) is 5.52 Å². The van der Waals surface area contributed by atoms with Crippen molar-refractivity contribution in [1.82, 2.24) is 14.6 Å². The third-order valence-electron chi connectivity index (χ3n) is 1.89. The summed E-state index contributed by atoms with van der Waals surface area (Å²) >= 11 is 5.98. The van der Waals surface area contributed by atoms with Crippen LogP contribution in [0, 0.1) is 6.92 Å². The second kappa shape index (κ2) is 2.88. The Kier molecular flexibility index (Phi) is 1.84. The zero-order chi connectivity index (χ0) is 9.42. The largest absolute Gasteiger partial charge is 0.493 e. The van der Waals surface area contributed by atoms with E-state index in [9.17, 15) is 0 Å². The second-order valence-electron chi connectivity index (χ2n) is 2.65. The number of aromatic nitrogens is 3. The van der Waals surface area contributed by atoms with Gasteiger partial charge in [-0.1, -0.05) is 11.6 Å². The number of ether oxygens (including phenoxy) is 1. The SMILES string of the molecule is COc1cc2c(C)ncnn2c1Cl. The first-order chi connectivity index (χ1) is 6.24. The smallest absolute Gasteiger partial charge is 0.173 e. The highest BCUT2D eigenvalue weighted by atomic mass is 35.5. The normalized spacial score (nSPS) is 10.7. The summed E-state index contributed by atoms with van der Waals surface area (Å²) in [7, 11) is 1.57. The number of methoxy groups -OCH3 is 1. The van der Waals surface area contributed by atoms with Gasteiger partial charge < -0.3 is 4.74 Å². The Morgan fingerprint density at radius 3 is 2.92 bits per heavy atom. The Hall–Kier alpha value is -1.29. The Labute approximate surface area is 80.1 Å². The van der Waals surface area contributed by atoms with Crippen molar-refractivity contribution < 1.29 is 4.74 Å². The van der Waals surface area contributed by atoms with Crippen molar-refractivity contribution in [2.24, 2.45) is 0 Å². The highest BCUT2D eigenvalue weighted by Gasteiger charge is 2.10. The average Bonchev–Trinajstić information content (AvgIpc) is 2.45. The fraction of sp³-hybridized carbons (Fsp3) is 0.250. The molecular formula is C8H8ClN3O.